The Balaban J connectivity index is 2.46. The summed E-state index contributed by atoms with van der Waals surface area (Å²) in [6, 6.07) is 9.82. The maximum atomic E-state index is 5.59. The van der Waals surface area contributed by atoms with E-state index in [1.165, 1.54) is 0 Å². The first-order valence-corrected chi connectivity index (χ1v) is 4.86. The molecule has 0 atom stereocenters. The second-order valence-electron chi connectivity index (χ2n) is 4.46. The smallest absolute Gasteiger partial charge is 0.119 e. The quantitative estimate of drug-likeness (QED) is 0.661. The molecule has 1 aromatic carbocycles. The van der Waals surface area contributed by atoms with Gasteiger partial charge in [0.15, 0.2) is 0 Å². The van der Waals surface area contributed by atoms with Crippen molar-refractivity contribution >= 4 is 0 Å². The van der Waals surface area contributed by atoms with Gasteiger partial charge in [-0.05, 0) is 23.1 Å². The van der Waals surface area contributed by atoms with E-state index in [-0.39, 0.29) is 5.41 Å². The van der Waals surface area contributed by atoms with Crippen LogP contribution in [0.25, 0.3) is 0 Å². The van der Waals surface area contributed by atoms with Crippen LogP contribution in [0.1, 0.15) is 20.8 Å². The maximum absolute atomic E-state index is 5.59. The van der Waals surface area contributed by atoms with Gasteiger partial charge in [0.25, 0.3) is 0 Å². The molecule has 0 aliphatic carbocycles. The first-order chi connectivity index (χ1) is 6.50. The summed E-state index contributed by atoms with van der Waals surface area (Å²) in [5, 5.41) is 0. The summed E-state index contributed by atoms with van der Waals surface area (Å²) in [6.07, 6.45) is 0. The lowest BCUT2D eigenvalue weighted by Crippen LogP contribution is -2.14. The van der Waals surface area contributed by atoms with Gasteiger partial charge >= 0.3 is 0 Å². The minimum absolute atomic E-state index is 0.120. The lowest BCUT2D eigenvalue weighted by atomic mass is 9.88. The minimum Gasteiger partial charge on any atom is -0.489 e. The predicted molar refractivity (Wildman–Crippen MR) is 60.5 cm³/mol. The normalized spacial score (nSPS) is 11.1. The molecule has 1 rings (SSSR count). The van der Waals surface area contributed by atoms with Crippen molar-refractivity contribution in [1.29, 1.82) is 0 Å². The van der Waals surface area contributed by atoms with Crippen molar-refractivity contribution in [2.75, 3.05) is 6.61 Å². The highest BCUT2D eigenvalue weighted by atomic mass is 16.5. The summed E-state index contributed by atoms with van der Waals surface area (Å²) in [7, 11) is 0. The monoisotopic (exact) mass is 190 g/mol. The molecule has 0 bridgehead atoms. The van der Waals surface area contributed by atoms with Crippen molar-refractivity contribution in [3.05, 3.63) is 42.5 Å². The first kappa shape index (κ1) is 10.8. The van der Waals surface area contributed by atoms with Crippen molar-refractivity contribution in [1.82, 2.24) is 0 Å². The third kappa shape index (κ3) is 3.25. The van der Waals surface area contributed by atoms with E-state index in [0.717, 1.165) is 11.3 Å². The highest BCUT2D eigenvalue weighted by Gasteiger charge is 2.14. The average Bonchev–Trinajstić information content (AvgIpc) is 2.14. The summed E-state index contributed by atoms with van der Waals surface area (Å²) in [4.78, 5) is 0. The molecule has 0 heterocycles. The molecule has 0 radical (unpaired) electrons. The van der Waals surface area contributed by atoms with E-state index in [0.29, 0.717) is 6.61 Å². The Kier molecular flexibility index (Phi) is 3.34. The molecule has 0 N–H and O–H groups in total. The molecule has 0 saturated heterocycles. The molecule has 1 nitrogen and oxygen atoms in total. The van der Waals surface area contributed by atoms with Crippen LogP contribution < -0.4 is 4.74 Å². The molecule has 0 aliphatic heterocycles. The van der Waals surface area contributed by atoms with Crippen molar-refractivity contribution in [2.24, 2.45) is 5.41 Å². The molecule has 0 amide bonds. The minimum atomic E-state index is 0.120. The van der Waals surface area contributed by atoms with Gasteiger partial charge in [0.05, 0.1) is 0 Å². The Morgan fingerprint density at radius 2 is 1.79 bits per heavy atom. The SMILES string of the molecule is C=C(COc1ccccc1)C(C)(C)C. The molecule has 0 aromatic heterocycles. The zero-order chi connectivity index (χ0) is 10.6. The largest absolute Gasteiger partial charge is 0.489 e. The van der Waals surface area contributed by atoms with Gasteiger partial charge in [-0.2, -0.15) is 0 Å². The molecule has 0 saturated carbocycles. The van der Waals surface area contributed by atoms with Crippen LogP contribution in [0.15, 0.2) is 42.5 Å². The van der Waals surface area contributed by atoms with E-state index >= 15 is 0 Å². The van der Waals surface area contributed by atoms with Crippen LogP contribution in [0.3, 0.4) is 0 Å². The first-order valence-electron chi connectivity index (χ1n) is 4.86. The van der Waals surface area contributed by atoms with E-state index < -0.39 is 0 Å². The molecule has 76 valence electrons. The van der Waals surface area contributed by atoms with Gasteiger partial charge in [0.1, 0.15) is 12.4 Å². The van der Waals surface area contributed by atoms with Gasteiger partial charge < -0.3 is 4.74 Å². The molecule has 0 fully saturated rings. The predicted octanol–water partition coefficient (Wildman–Crippen LogP) is 3.67. The Hall–Kier alpha value is -1.24. The molecular formula is C13H18O. The van der Waals surface area contributed by atoms with Crippen LogP contribution in [0.2, 0.25) is 0 Å². The fraction of sp³-hybridized carbons (Fsp3) is 0.385. The van der Waals surface area contributed by atoms with Gasteiger partial charge in [-0.1, -0.05) is 45.5 Å². The lowest BCUT2D eigenvalue weighted by molar-refractivity contribution is 0.316. The number of hydrogen-bond donors (Lipinski definition) is 0. The van der Waals surface area contributed by atoms with Gasteiger partial charge in [-0.25, -0.2) is 0 Å². The summed E-state index contributed by atoms with van der Waals surface area (Å²) < 4.78 is 5.59. The highest BCUT2D eigenvalue weighted by Crippen LogP contribution is 2.24. The number of benzene rings is 1. The van der Waals surface area contributed by atoms with Crippen molar-refractivity contribution in [3.63, 3.8) is 0 Å². The maximum Gasteiger partial charge on any atom is 0.119 e. The molecule has 0 spiro atoms. The molecule has 1 heteroatoms. The van der Waals surface area contributed by atoms with Crippen molar-refractivity contribution in [3.8, 4) is 5.75 Å². The van der Waals surface area contributed by atoms with Crippen LogP contribution in [-0.2, 0) is 0 Å². The molecule has 14 heavy (non-hydrogen) atoms. The summed E-state index contributed by atoms with van der Waals surface area (Å²) in [5.74, 6) is 0.901. The fourth-order valence-corrected chi connectivity index (χ4v) is 0.904. The topological polar surface area (TPSA) is 9.23 Å². The zero-order valence-corrected chi connectivity index (χ0v) is 9.21. The average molecular weight is 190 g/mol. The zero-order valence-electron chi connectivity index (χ0n) is 9.21. The Morgan fingerprint density at radius 1 is 1.21 bits per heavy atom. The van der Waals surface area contributed by atoms with Crippen molar-refractivity contribution < 1.29 is 4.74 Å². The highest BCUT2D eigenvalue weighted by molar-refractivity contribution is 5.22. The third-order valence-electron chi connectivity index (χ3n) is 2.22. The molecular weight excluding hydrogens is 172 g/mol. The van der Waals surface area contributed by atoms with Crippen LogP contribution in [0.4, 0.5) is 0 Å². The van der Waals surface area contributed by atoms with Gasteiger partial charge in [0.2, 0.25) is 0 Å². The second-order valence-corrected chi connectivity index (χ2v) is 4.46. The van der Waals surface area contributed by atoms with Gasteiger partial charge in [-0.15, -0.1) is 0 Å². The third-order valence-corrected chi connectivity index (χ3v) is 2.22. The molecule has 0 unspecified atom stereocenters. The lowest BCUT2D eigenvalue weighted by Gasteiger charge is -2.21. The summed E-state index contributed by atoms with van der Waals surface area (Å²) in [6.45, 7) is 11.0. The standard InChI is InChI=1S/C13H18O/c1-11(13(2,3)4)10-14-12-8-6-5-7-9-12/h5-9H,1,10H2,2-4H3. The van der Waals surface area contributed by atoms with E-state index in [9.17, 15) is 0 Å². The molecule has 1 aromatic rings. The van der Waals surface area contributed by atoms with E-state index in [2.05, 4.69) is 27.4 Å². The van der Waals surface area contributed by atoms with Crippen molar-refractivity contribution in [2.45, 2.75) is 20.8 Å². The van der Waals surface area contributed by atoms with Crippen LogP contribution >= 0.6 is 0 Å². The number of hydrogen-bond acceptors (Lipinski definition) is 1. The van der Waals surface area contributed by atoms with E-state index in [1.54, 1.807) is 0 Å². The van der Waals surface area contributed by atoms with Crippen LogP contribution in [0.5, 0.6) is 5.75 Å². The number of rotatable bonds is 3. The Morgan fingerprint density at radius 3 is 2.29 bits per heavy atom. The van der Waals surface area contributed by atoms with Crippen LogP contribution in [-0.4, -0.2) is 6.61 Å². The fourth-order valence-electron chi connectivity index (χ4n) is 0.904. The number of para-hydroxylation sites is 1. The summed E-state index contributed by atoms with van der Waals surface area (Å²) >= 11 is 0. The van der Waals surface area contributed by atoms with Gasteiger partial charge in [0, 0.05) is 0 Å². The molecule has 0 aliphatic rings. The Labute approximate surface area is 86.4 Å². The Bertz CT molecular complexity index is 293. The second kappa shape index (κ2) is 4.32. The van der Waals surface area contributed by atoms with E-state index in [4.69, 9.17) is 4.74 Å². The van der Waals surface area contributed by atoms with E-state index in [1.807, 2.05) is 30.3 Å². The van der Waals surface area contributed by atoms with Gasteiger partial charge in [-0.3, -0.25) is 0 Å². The summed E-state index contributed by atoms with van der Waals surface area (Å²) in [5.41, 5.74) is 1.23. The number of ether oxygens (including phenoxy) is 1. The van der Waals surface area contributed by atoms with Crippen LogP contribution in [0, 0.1) is 5.41 Å².